The van der Waals surface area contributed by atoms with Crippen molar-refractivity contribution in [1.29, 1.82) is 0 Å². The van der Waals surface area contributed by atoms with Gasteiger partial charge in [0.15, 0.2) is 12.4 Å². The fourth-order valence-corrected chi connectivity index (χ4v) is 7.48. The smallest absolute Gasteiger partial charge is 0.338 e. The van der Waals surface area contributed by atoms with Gasteiger partial charge in [-0.15, -0.1) is 0 Å². The maximum atomic E-state index is 13.4. The van der Waals surface area contributed by atoms with Crippen molar-refractivity contribution in [2.45, 2.75) is 107 Å². The first-order chi connectivity index (χ1) is 29.8. The van der Waals surface area contributed by atoms with Crippen molar-refractivity contribution in [3.05, 3.63) is 102 Å². The summed E-state index contributed by atoms with van der Waals surface area (Å²) >= 11 is 0. The van der Waals surface area contributed by atoms with Crippen LogP contribution in [0, 0.1) is 0 Å². The molecule has 0 aliphatic carbocycles. The molecule has 3 aliphatic rings. The van der Waals surface area contributed by atoms with Gasteiger partial charge in [0.05, 0.1) is 18.2 Å². The number of ether oxygens (including phenoxy) is 6. The van der Waals surface area contributed by atoms with Gasteiger partial charge in [-0.2, -0.15) is 0 Å². The Morgan fingerprint density at radius 1 is 0.790 bits per heavy atom. The molecule has 0 saturated carbocycles. The van der Waals surface area contributed by atoms with Crippen LogP contribution in [0.25, 0.3) is 0 Å². The van der Waals surface area contributed by atoms with Gasteiger partial charge in [-0.25, -0.2) is 4.79 Å². The molecule has 3 fully saturated rings. The fourth-order valence-electron chi connectivity index (χ4n) is 7.48. The molecule has 0 aromatic heterocycles. The number of aliphatic hydroxyl groups is 5. The van der Waals surface area contributed by atoms with Crippen molar-refractivity contribution >= 4 is 23.8 Å². The van der Waals surface area contributed by atoms with Gasteiger partial charge in [0.1, 0.15) is 55.1 Å². The average Bonchev–Trinajstić information content (AvgIpc) is 3.28. The van der Waals surface area contributed by atoms with Crippen LogP contribution in [-0.4, -0.2) is 154 Å². The quantitative estimate of drug-likeness (QED) is 0.138. The first-order valence-electron chi connectivity index (χ1n) is 20.7. The minimum Gasteiger partial charge on any atom is -0.462 e. The van der Waals surface area contributed by atoms with Gasteiger partial charge in [-0.05, 0) is 68.3 Å². The molecule has 3 aromatic carbocycles. The third-order valence-corrected chi connectivity index (χ3v) is 10.9. The molecule has 0 radical (unpaired) electrons. The largest absolute Gasteiger partial charge is 0.462 e. The van der Waals surface area contributed by atoms with E-state index in [1.165, 1.54) is 26.0 Å². The predicted octanol–water partition coefficient (Wildman–Crippen LogP) is 0.587. The monoisotopic (exact) mass is 865 g/mol. The van der Waals surface area contributed by atoms with E-state index in [0.717, 1.165) is 0 Å². The number of carbonyl (C=O) groups is 4. The summed E-state index contributed by atoms with van der Waals surface area (Å²) in [5.74, 6) is -1.39. The zero-order chi connectivity index (χ0) is 44.3. The second kappa shape index (κ2) is 21.9. The summed E-state index contributed by atoms with van der Waals surface area (Å²) < 4.78 is 34.6. The summed E-state index contributed by atoms with van der Waals surface area (Å²) in [6.07, 6.45) is -15.1. The van der Waals surface area contributed by atoms with E-state index in [9.17, 15) is 44.7 Å². The van der Waals surface area contributed by atoms with Crippen molar-refractivity contribution in [3.63, 3.8) is 0 Å². The van der Waals surface area contributed by atoms with E-state index < -0.39 is 92.1 Å². The Labute approximate surface area is 358 Å². The number of rotatable bonds is 10. The molecule has 3 saturated heterocycles. The topological polar surface area (TPSA) is 252 Å². The summed E-state index contributed by atoms with van der Waals surface area (Å²) in [5, 5.41) is 60.4. The van der Waals surface area contributed by atoms with Crippen molar-refractivity contribution in [1.82, 2.24) is 15.5 Å². The molecule has 0 bridgehead atoms. The van der Waals surface area contributed by atoms with Crippen LogP contribution in [0.3, 0.4) is 0 Å². The molecule has 3 aromatic rings. The van der Waals surface area contributed by atoms with Crippen LogP contribution in [-0.2, 0) is 33.3 Å². The number of aliphatic hydroxyl groups excluding tert-OH is 5. The van der Waals surface area contributed by atoms with Crippen LogP contribution in [0.5, 0.6) is 5.75 Å². The number of hydrogen-bond donors (Lipinski definition) is 7. The Balaban J connectivity index is 1.12. The molecular weight excluding hydrogens is 810 g/mol. The fraction of sp³-hybridized carbons (Fsp3) is 0.500. The Morgan fingerprint density at radius 3 is 2.15 bits per heavy atom. The molecule has 18 heteroatoms. The van der Waals surface area contributed by atoms with Gasteiger partial charge in [0.2, 0.25) is 12.2 Å². The number of esters is 2. The van der Waals surface area contributed by atoms with Crippen LogP contribution in [0.2, 0.25) is 0 Å². The van der Waals surface area contributed by atoms with E-state index in [0.29, 0.717) is 43.6 Å². The zero-order valence-electron chi connectivity index (χ0n) is 34.4. The molecule has 3 heterocycles. The number of hydrogen-bond acceptors (Lipinski definition) is 16. The normalized spacial score (nSPS) is 31.3. The number of amides is 2. The lowest BCUT2D eigenvalue weighted by Gasteiger charge is -2.45. The van der Waals surface area contributed by atoms with Gasteiger partial charge in [0, 0.05) is 38.0 Å². The van der Waals surface area contributed by atoms with E-state index in [1.54, 1.807) is 71.6 Å². The molecule has 0 spiro atoms. The molecule has 12 atom stereocenters. The standard InChI is InChI=1S/C44H55N3O15/c1-25-35(50)38(53)40(62-43-39(54)37(52)36(51)33(61-43)24-57-42(56)29-12-7-4-8-13-29)44(58-25)60-30-16-14-27(15-17-30)32-22-34(49)46-19-9-21-47(41(55)28-10-5-3-6-11-28)23-31(18-20-45-32)59-26(2)48/h3-8,10-17,25,31-33,35-40,43-45,50-54H,9,18-24H2,1-2H3,(H,46,49)/t25-,31-,32-,33+,35-,36-,37-,38+,39+,40+,43-,44-/m0/s1. The van der Waals surface area contributed by atoms with E-state index >= 15 is 0 Å². The Bertz CT molecular complexity index is 1930. The number of benzene rings is 3. The van der Waals surface area contributed by atoms with Crippen LogP contribution in [0.15, 0.2) is 84.9 Å². The number of carbonyl (C=O) groups excluding carboxylic acids is 4. The van der Waals surface area contributed by atoms with Crippen molar-refractivity contribution in [3.8, 4) is 5.75 Å². The summed E-state index contributed by atoms with van der Waals surface area (Å²) in [6.45, 7) is 3.44. The molecular formula is C44H55N3O15. The highest BCUT2D eigenvalue weighted by Gasteiger charge is 2.51. The van der Waals surface area contributed by atoms with Crippen LogP contribution < -0.4 is 15.4 Å². The highest BCUT2D eigenvalue weighted by Crippen LogP contribution is 2.31. The minimum absolute atomic E-state index is 0.0606. The van der Waals surface area contributed by atoms with E-state index in [2.05, 4.69) is 10.6 Å². The second-order valence-corrected chi connectivity index (χ2v) is 15.5. The van der Waals surface area contributed by atoms with Gasteiger partial charge < -0.3 is 69.5 Å². The van der Waals surface area contributed by atoms with E-state index in [4.69, 9.17) is 28.4 Å². The summed E-state index contributed by atoms with van der Waals surface area (Å²) in [6, 6.07) is 23.1. The van der Waals surface area contributed by atoms with Gasteiger partial charge in [0.25, 0.3) is 5.91 Å². The Morgan fingerprint density at radius 2 is 1.47 bits per heavy atom. The summed E-state index contributed by atoms with van der Waals surface area (Å²) in [4.78, 5) is 52.9. The molecule has 62 heavy (non-hydrogen) atoms. The SMILES string of the molecule is CC(=O)O[C@H]1CCN[C@H](c2ccc(O[C@@H]3O[C@@H](C)[C@H](O)[C@@H](O)[C@H]3O[C@@H]3O[C@H](COC(=O)c4ccccc4)[C@H](O)[C@H](O)[C@H]3O)cc2)CC(=O)NCCCN(C(=O)c2ccccc2)C1. The molecule has 3 aliphatic heterocycles. The van der Waals surface area contributed by atoms with Crippen LogP contribution >= 0.6 is 0 Å². The average molecular weight is 866 g/mol. The van der Waals surface area contributed by atoms with Gasteiger partial charge in [-0.3, -0.25) is 14.4 Å². The number of nitrogens with zero attached hydrogens (tertiary/aromatic N) is 1. The number of nitrogens with one attached hydrogen (secondary N) is 2. The maximum Gasteiger partial charge on any atom is 0.338 e. The third kappa shape index (κ3) is 12.1. The minimum atomic E-state index is -1.84. The Hall–Kier alpha value is -5.02. The summed E-state index contributed by atoms with van der Waals surface area (Å²) in [5.41, 5.74) is 1.45. The molecule has 6 rings (SSSR count). The van der Waals surface area contributed by atoms with Gasteiger partial charge in [-0.1, -0.05) is 48.5 Å². The Kier molecular flexibility index (Phi) is 16.4. The molecule has 0 unspecified atom stereocenters. The predicted molar refractivity (Wildman–Crippen MR) is 217 cm³/mol. The molecule has 2 amide bonds. The highest BCUT2D eigenvalue weighted by atomic mass is 16.8. The third-order valence-electron chi connectivity index (χ3n) is 10.9. The van der Waals surface area contributed by atoms with Crippen LogP contribution in [0.4, 0.5) is 0 Å². The van der Waals surface area contributed by atoms with Crippen molar-refractivity contribution < 1.29 is 73.1 Å². The highest BCUT2D eigenvalue weighted by molar-refractivity contribution is 5.94. The van der Waals surface area contributed by atoms with Crippen LogP contribution in [0.1, 0.15) is 65.4 Å². The van der Waals surface area contributed by atoms with E-state index in [1.807, 2.05) is 6.07 Å². The van der Waals surface area contributed by atoms with E-state index in [-0.39, 0.29) is 36.1 Å². The first-order valence-corrected chi connectivity index (χ1v) is 20.7. The van der Waals surface area contributed by atoms with Crippen molar-refractivity contribution in [2.75, 3.05) is 32.8 Å². The lowest BCUT2D eigenvalue weighted by molar-refractivity contribution is -0.355. The lowest BCUT2D eigenvalue weighted by atomic mass is 9.97. The zero-order valence-corrected chi connectivity index (χ0v) is 34.4. The lowest BCUT2D eigenvalue weighted by Crippen LogP contribution is -2.64. The molecule has 18 nitrogen and oxygen atoms in total. The summed E-state index contributed by atoms with van der Waals surface area (Å²) in [7, 11) is 0. The van der Waals surface area contributed by atoms with Gasteiger partial charge >= 0.3 is 11.9 Å². The maximum absolute atomic E-state index is 13.4. The molecule has 336 valence electrons. The second-order valence-electron chi connectivity index (χ2n) is 15.5. The molecule has 7 N–H and O–H groups in total. The first kappa shape index (κ1) is 46.5. The van der Waals surface area contributed by atoms with Crippen molar-refractivity contribution in [2.24, 2.45) is 0 Å².